The van der Waals surface area contributed by atoms with Crippen molar-refractivity contribution >= 4 is 5.91 Å². The molecule has 0 aliphatic carbocycles. The summed E-state index contributed by atoms with van der Waals surface area (Å²) in [5.74, 6) is 0.952. The Hall–Kier alpha value is -0.610. The first-order valence-corrected chi connectivity index (χ1v) is 6.91. The molecule has 2 heterocycles. The molecule has 0 bridgehead atoms. The van der Waals surface area contributed by atoms with Gasteiger partial charge >= 0.3 is 0 Å². The van der Waals surface area contributed by atoms with E-state index >= 15 is 0 Å². The maximum atomic E-state index is 12.3. The van der Waals surface area contributed by atoms with Crippen LogP contribution >= 0.6 is 0 Å². The standard InChI is InChI=1S/C13H24N2O2/c1-2-4-11-5-3-7-15(9-11)13(16)12-10-17-8-6-14-12/h11-12,14H,2-10H2,1H3. The first kappa shape index (κ1) is 12.8. The fourth-order valence-electron chi connectivity index (χ4n) is 2.85. The van der Waals surface area contributed by atoms with Crippen LogP contribution in [-0.4, -0.2) is 49.7 Å². The van der Waals surface area contributed by atoms with Gasteiger partial charge < -0.3 is 15.0 Å². The van der Waals surface area contributed by atoms with E-state index in [1.165, 1.54) is 19.3 Å². The molecular weight excluding hydrogens is 216 g/mol. The second-order valence-corrected chi connectivity index (χ2v) is 5.16. The van der Waals surface area contributed by atoms with Crippen molar-refractivity contribution in [3.8, 4) is 0 Å². The van der Waals surface area contributed by atoms with E-state index in [1.807, 2.05) is 4.90 Å². The molecule has 4 nitrogen and oxygen atoms in total. The third-order valence-corrected chi connectivity index (χ3v) is 3.75. The summed E-state index contributed by atoms with van der Waals surface area (Å²) < 4.78 is 5.36. The van der Waals surface area contributed by atoms with Gasteiger partial charge in [0.1, 0.15) is 6.04 Å². The van der Waals surface area contributed by atoms with Gasteiger partial charge in [-0.25, -0.2) is 0 Å². The van der Waals surface area contributed by atoms with E-state index in [2.05, 4.69) is 12.2 Å². The number of hydrogen-bond acceptors (Lipinski definition) is 3. The Kier molecular flexibility index (Phi) is 4.80. The average Bonchev–Trinajstić information content (AvgIpc) is 2.40. The monoisotopic (exact) mass is 240 g/mol. The van der Waals surface area contributed by atoms with Crippen LogP contribution in [0.1, 0.15) is 32.6 Å². The maximum Gasteiger partial charge on any atom is 0.242 e. The molecular formula is C13H24N2O2. The van der Waals surface area contributed by atoms with Crippen LogP contribution in [0.25, 0.3) is 0 Å². The van der Waals surface area contributed by atoms with Crippen LogP contribution in [0.5, 0.6) is 0 Å². The molecule has 2 aliphatic rings. The minimum Gasteiger partial charge on any atom is -0.378 e. The SMILES string of the molecule is CCCC1CCCN(C(=O)C2COCCN2)C1. The molecule has 2 fully saturated rings. The second-order valence-electron chi connectivity index (χ2n) is 5.16. The summed E-state index contributed by atoms with van der Waals surface area (Å²) in [4.78, 5) is 14.3. The van der Waals surface area contributed by atoms with Crippen molar-refractivity contribution in [1.29, 1.82) is 0 Å². The summed E-state index contributed by atoms with van der Waals surface area (Å²) in [5, 5.41) is 3.25. The number of carbonyl (C=O) groups excluding carboxylic acids is 1. The summed E-state index contributed by atoms with van der Waals surface area (Å²) >= 11 is 0. The number of ether oxygens (including phenoxy) is 1. The molecule has 2 atom stereocenters. The smallest absolute Gasteiger partial charge is 0.242 e. The lowest BCUT2D eigenvalue weighted by Gasteiger charge is -2.36. The van der Waals surface area contributed by atoms with Gasteiger partial charge in [-0.3, -0.25) is 4.79 Å². The second kappa shape index (κ2) is 6.36. The van der Waals surface area contributed by atoms with Crippen LogP contribution in [0, 0.1) is 5.92 Å². The zero-order valence-electron chi connectivity index (χ0n) is 10.8. The Balaban J connectivity index is 1.85. The summed E-state index contributed by atoms with van der Waals surface area (Å²) in [6, 6.07) is -0.107. The van der Waals surface area contributed by atoms with Crippen LogP contribution < -0.4 is 5.32 Å². The number of morpholine rings is 1. The third kappa shape index (κ3) is 3.42. The number of hydrogen-bond donors (Lipinski definition) is 1. The molecule has 0 spiro atoms. The summed E-state index contributed by atoms with van der Waals surface area (Å²) in [6.07, 6.45) is 4.91. The molecule has 2 unspecified atom stereocenters. The highest BCUT2D eigenvalue weighted by atomic mass is 16.5. The molecule has 17 heavy (non-hydrogen) atoms. The van der Waals surface area contributed by atoms with E-state index in [0.717, 1.165) is 32.7 Å². The van der Waals surface area contributed by atoms with Crippen LogP contribution in [0.2, 0.25) is 0 Å². The van der Waals surface area contributed by atoms with Crippen LogP contribution in [0.3, 0.4) is 0 Å². The Bertz CT molecular complexity index is 250. The molecule has 4 heteroatoms. The van der Waals surface area contributed by atoms with E-state index < -0.39 is 0 Å². The highest BCUT2D eigenvalue weighted by Crippen LogP contribution is 2.21. The summed E-state index contributed by atoms with van der Waals surface area (Å²) in [5.41, 5.74) is 0. The van der Waals surface area contributed by atoms with Gasteiger partial charge in [-0.1, -0.05) is 13.3 Å². The average molecular weight is 240 g/mol. The number of piperidine rings is 1. The lowest BCUT2D eigenvalue weighted by Crippen LogP contribution is -2.54. The van der Waals surface area contributed by atoms with Gasteiger partial charge in [0.05, 0.1) is 13.2 Å². The van der Waals surface area contributed by atoms with Gasteiger partial charge in [-0.15, -0.1) is 0 Å². The molecule has 2 rings (SSSR count). The number of amides is 1. The lowest BCUT2D eigenvalue weighted by molar-refractivity contribution is -0.138. The minimum atomic E-state index is -0.107. The Morgan fingerprint density at radius 1 is 1.53 bits per heavy atom. The highest BCUT2D eigenvalue weighted by Gasteiger charge is 2.29. The molecule has 0 radical (unpaired) electrons. The largest absolute Gasteiger partial charge is 0.378 e. The predicted octanol–water partition coefficient (Wildman–Crippen LogP) is 1.01. The van der Waals surface area contributed by atoms with E-state index in [0.29, 0.717) is 12.5 Å². The van der Waals surface area contributed by atoms with E-state index in [-0.39, 0.29) is 11.9 Å². The Morgan fingerprint density at radius 3 is 3.12 bits per heavy atom. The zero-order chi connectivity index (χ0) is 12.1. The normalized spacial score (nSPS) is 30.3. The number of carbonyl (C=O) groups is 1. The van der Waals surface area contributed by atoms with Crippen molar-refractivity contribution in [3.63, 3.8) is 0 Å². The predicted molar refractivity (Wildman–Crippen MR) is 66.8 cm³/mol. The van der Waals surface area contributed by atoms with Crippen molar-refractivity contribution < 1.29 is 9.53 Å². The fourth-order valence-corrected chi connectivity index (χ4v) is 2.85. The molecule has 2 aliphatic heterocycles. The topological polar surface area (TPSA) is 41.6 Å². The molecule has 0 aromatic heterocycles. The van der Waals surface area contributed by atoms with Crippen molar-refractivity contribution in [2.75, 3.05) is 32.8 Å². The quantitative estimate of drug-likeness (QED) is 0.800. The summed E-state index contributed by atoms with van der Waals surface area (Å²) in [7, 11) is 0. The summed E-state index contributed by atoms with van der Waals surface area (Å²) in [6.45, 7) is 6.15. The van der Waals surface area contributed by atoms with E-state index in [4.69, 9.17) is 4.74 Å². The minimum absolute atomic E-state index is 0.107. The molecule has 0 aromatic rings. The van der Waals surface area contributed by atoms with Crippen molar-refractivity contribution in [2.24, 2.45) is 5.92 Å². The molecule has 0 saturated carbocycles. The molecule has 0 aromatic carbocycles. The van der Waals surface area contributed by atoms with Crippen LogP contribution in [-0.2, 0) is 9.53 Å². The van der Waals surface area contributed by atoms with Gasteiger partial charge in [0.25, 0.3) is 0 Å². The zero-order valence-corrected chi connectivity index (χ0v) is 10.8. The number of likely N-dealkylation sites (tertiary alicyclic amines) is 1. The maximum absolute atomic E-state index is 12.3. The van der Waals surface area contributed by atoms with E-state index in [1.54, 1.807) is 0 Å². The lowest BCUT2D eigenvalue weighted by atomic mass is 9.93. The molecule has 98 valence electrons. The third-order valence-electron chi connectivity index (χ3n) is 3.75. The van der Waals surface area contributed by atoms with Gasteiger partial charge in [0.2, 0.25) is 5.91 Å². The number of nitrogens with zero attached hydrogens (tertiary/aromatic N) is 1. The van der Waals surface area contributed by atoms with Crippen molar-refractivity contribution in [3.05, 3.63) is 0 Å². The number of nitrogens with one attached hydrogen (secondary N) is 1. The van der Waals surface area contributed by atoms with Gasteiger partial charge in [0.15, 0.2) is 0 Å². The highest BCUT2D eigenvalue weighted by molar-refractivity contribution is 5.82. The van der Waals surface area contributed by atoms with Crippen molar-refractivity contribution in [1.82, 2.24) is 10.2 Å². The first-order valence-electron chi connectivity index (χ1n) is 6.91. The first-order chi connectivity index (χ1) is 8.31. The van der Waals surface area contributed by atoms with Crippen LogP contribution in [0.15, 0.2) is 0 Å². The van der Waals surface area contributed by atoms with E-state index in [9.17, 15) is 4.79 Å². The molecule has 1 N–H and O–H groups in total. The fraction of sp³-hybridized carbons (Fsp3) is 0.923. The Labute approximate surface area is 104 Å². The number of rotatable bonds is 3. The van der Waals surface area contributed by atoms with Gasteiger partial charge in [-0.05, 0) is 25.2 Å². The molecule has 1 amide bonds. The van der Waals surface area contributed by atoms with Crippen LogP contribution in [0.4, 0.5) is 0 Å². The van der Waals surface area contributed by atoms with Gasteiger partial charge in [0, 0.05) is 19.6 Å². The van der Waals surface area contributed by atoms with Gasteiger partial charge in [-0.2, -0.15) is 0 Å². The molecule has 2 saturated heterocycles. The Morgan fingerprint density at radius 2 is 2.41 bits per heavy atom. The van der Waals surface area contributed by atoms with Crippen molar-refractivity contribution in [2.45, 2.75) is 38.6 Å².